The average Bonchev–Trinajstić information content (AvgIpc) is 2.82. The summed E-state index contributed by atoms with van der Waals surface area (Å²) >= 11 is 3.48. The van der Waals surface area contributed by atoms with Gasteiger partial charge in [-0.15, -0.1) is 0 Å². The second kappa shape index (κ2) is 5.72. The lowest BCUT2D eigenvalue weighted by Gasteiger charge is -2.32. The normalized spacial score (nSPS) is 28.3. The third-order valence-electron chi connectivity index (χ3n) is 4.34. The molecular weight excluding hydrogens is 288 g/mol. The summed E-state index contributed by atoms with van der Waals surface area (Å²) in [6, 6.07) is 10.1. The number of benzene rings is 1. The first-order chi connectivity index (χ1) is 8.83. The third-order valence-corrected chi connectivity index (χ3v) is 4.87. The Morgan fingerprint density at radius 3 is 2.78 bits per heavy atom. The van der Waals surface area contributed by atoms with Gasteiger partial charge in [0.2, 0.25) is 0 Å². The van der Waals surface area contributed by atoms with Crippen molar-refractivity contribution in [2.75, 3.05) is 13.1 Å². The summed E-state index contributed by atoms with van der Waals surface area (Å²) in [5.41, 5.74) is 1.38. The van der Waals surface area contributed by atoms with Crippen LogP contribution in [-0.2, 0) is 6.54 Å². The third kappa shape index (κ3) is 2.79. The largest absolute Gasteiger partial charge is 0.308 e. The Kier molecular flexibility index (Phi) is 4.02. The van der Waals surface area contributed by atoms with Gasteiger partial charge in [0.15, 0.2) is 0 Å². The summed E-state index contributed by atoms with van der Waals surface area (Å²) in [7, 11) is 0. The van der Waals surface area contributed by atoms with Gasteiger partial charge in [-0.3, -0.25) is 4.90 Å². The van der Waals surface area contributed by atoms with Gasteiger partial charge in [0, 0.05) is 29.6 Å². The molecule has 0 saturated carbocycles. The second-order valence-corrected chi connectivity index (χ2v) is 6.42. The molecule has 1 N–H and O–H groups in total. The predicted octanol–water partition coefficient (Wildman–Crippen LogP) is 3.17. The van der Waals surface area contributed by atoms with E-state index in [1.165, 1.54) is 44.3 Å². The van der Waals surface area contributed by atoms with Gasteiger partial charge >= 0.3 is 0 Å². The van der Waals surface area contributed by atoms with Gasteiger partial charge < -0.3 is 5.32 Å². The van der Waals surface area contributed by atoms with Crippen LogP contribution >= 0.6 is 15.9 Å². The van der Waals surface area contributed by atoms with E-state index in [1.54, 1.807) is 0 Å². The quantitative estimate of drug-likeness (QED) is 0.922. The van der Waals surface area contributed by atoms with Crippen LogP contribution in [0, 0.1) is 0 Å². The van der Waals surface area contributed by atoms with E-state index in [4.69, 9.17) is 0 Å². The standard InChI is InChI=1S/C15H21BrN2/c16-13-6-4-12(5-7-13)11-17-14-8-10-18-9-2-1-3-15(14)18/h4-7,14-15,17H,1-3,8-11H2. The summed E-state index contributed by atoms with van der Waals surface area (Å²) in [6.45, 7) is 3.62. The summed E-state index contributed by atoms with van der Waals surface area (Å²) in [5.74, 6) is 0. The van der Waals surface area contributed by atoms with E-state index in [1.807, 2.05) is 0 Å². The van der Waals surface area contributed by atoms with Gasteiger partial charge in [0.1, 0.15) is 0 Å². The molecule has 0 radical (unpaired) electrons. The highest BCUT2D eigenvalue weighted by molar-refractivity contribution is 9.10. The number of hydrogen-bond acceptors (Lipinski definition) is 2. The first-order valence-corrected chi connectivity index (χ1v) is 7.84. The van der Waals surface area contributed by atoms with E-state index in [0.29, 0.717) is 6.04 Å². The van der Waals surface area contributed by atoms with E-state index in [2.05, 4.69) is 50.4 Å². The number of halogens is 1. The smallest absolute Gasteiger partial charge is 0.0249 e. The van der Waals surface area contributed by atoms with E-state index in [9.17, 15) is 0 Å². The summed E-state index contributed by atoms with van der Waals surface area (Å²) < 4.78 is 1.16. The number of fused-ring (bicyclic) bond motifs is 1. The van der Waals surface area contributed by atoms with Gasteiger partial charge in [-0.05, 0) is 43.5 Å². The zero-order valence-corrected chi connectivity index (χ0v) is 12.3. The van der Waals surface area contributed by atoms with Crippen molar-refractivity contribution < 1.29 is 0 Å². The molecule has 2 fully saturated rings. The Morgan fingerprint density at radius 2 is 1.94 bits per heavy atom. The molecule has 1 aromatic rings. The lowest BCUT2D eigenvalue weighted by atomic mass is 9.99. The second-order valence-electron chi connectivity index (χ2n) is 5.50. The predicted molar refractivity (Wildman–Crippen MR) is 78.6 cm³/mol. The van der Waals surface area contributed by atoms with Crippen LogP contribution in [0.5, 0.6) is 0 Å². The summed E-state index contributed by atoms with van der Waals surface area (Å²) in [4.78, 5) is 2.68. The van der Waals surface area contributed by atoms with Gasteiger partial charge in [0.25, 0.3) is 0 Å². The van der Waals surface area contributed by atoms with Crippen LogP contribution in [0.15, 0.2) is 28.7 Å². The number of hydrogen-bond donors (Lipinski definition) is 1. The molecule has 2 aliphatic rings. The van der Waals surface area contributed by atoms with Crippen molar-refractivity contribution in [1.82, 2.24) is 10.2 Å². The number of rotatable bonds is 3. The Hall–Kier alpha value is -0.380. The molecule has 1 aromatic carbocycles. The lowest BCUT2D eigenvalue weighted by Crippen LogP contribution is -2.44. The minimum absolute atomic E-state index is 0.703. The van der Waals surface area contributed by atoms with Crippen molar-refractivity contribution in [3.63, 3.8) is 0 Å². The molecule has 3 heteroatoms. The SMILES string of the molecule is Brc1ccc(CNC2CCN3CCCCC23)cc1. The first-order valence-electron chi connectivity index (χ1n) is 7.05. The van der Waals surface area contributed by atoms with Crippen molar-refractivity contribution in [1.29, 1.82) is 0 Å². The van der Waals surface area contributed by atoms with E-state index in [-0.39, 0.29) is 0 Å². The molecule has 18 heavy (non-hydrogen) atoms. The van der Waals surface area contributed by atoms with Crippen molar-refractivity contribution in [2.24, 2.45) is 0 Å². The van der Waals surface area contributed by atoms with Crippen molar-refractivity contribution in [3.05, 3.63) is 34.3 Å². The van der Waals surface area contributed by atoms with Gasteiger partial charge in [-0.2, -0.15) is 0 Å². The minimum Gasteiger partial charge on any atom is -0.308 e. The van der Waals surface area contributed by atoms with Crippen LogP contribution in [0.25, 0.3) is 0 Å². The van der Waals surface area contributed by atoms with Crippen LogP contribution in [0.3, 0.4) is 0 Å². The fourth-order valence-corrected chi connectivity index (χ4v) is 3.60. The van der Waals surface area contributed by atoms with E-state index >= 15 is 0 Å². The van der Waals surface area contributed by atoms with Crippen LogP contribution in [0.1, 0.15) is 31.2 Å². The van der Waals surface area contributed by atoms with Gasteiger partial charge in [-0.1, -0.05) is 34.5 Å². The fraction of sp³-hybridized carbons (Fsp3) is 0.600. The minimum atomic E-state index is 0.703. The Labute approximate surface area is 118 Å². The van der Waals surface area contributed by atoms with Crippen molar-refractivity contribution >= 4 is 15.9 Å². The summed E-state index contributed by atoms with van der Waals surface area (Å²) in [5, 5.41) is 3.76. The maximum atomic E-state index is 3.76. The Bertz CT molecular complexity index is 390. The zero-order valence-electron chi connectivity index (χ0n) is 10.7. The highest BCUT2D eigenvalue weighted by Gasteiger charge is 2.34. The number of piperidine rings is 1. The Balaban J connectivity index is 1.55. The molecule has 0 aromatic heterocycles. The van der Waals surface area contributed by atoms with Crippen LogP contribution in [0.4, 0.5) is 0 Å². The van der Waals surface area contributed by atoms with Crippen LogP contribution in [0.2, 0.25) is 0 Å². The molecule has 98 valence electrons. The van der Waals surface area contributed by atoms with Crippen molar-refractivity contribution in [2.45, 2.75) is 44.3 Å². The molecule has 2 heterocycles. The molecule has 0 amide bonds. The van der Waals surface area contributed by atoms with Crippen LogP contribution in [-0.4, -0.2) is 30.1 Å². The number of nitrogens with one attached hydrogen (secondary N) is 1. The maximum absolute atomic E-state index is 3.76. The van der Waals surface area contributed by atoms with Crippen molar-refractivity contribution in [3.8, 4) is 0 Å². The zero-order chi connectivity index (χ0) is 12.4. The van der Waals surface area contributed by atoms with Gasteiger partial charge in [-0.25, -0.2) is 0 Å². The molecule has 0 bridgehead atoms. The maximum Gasteiger partial charge on any atom is 0.0249 e. The molecule has 0 aliphatic carbocycles. The molecule has 2 nitrogen and oxygen atoms in total. The molecule has 2 aliphatic heterocycles. The van der Waals surface area contributed by atoms with Crippen LogP contribution < -0.4 is 5.32 Å². The monoisotopic (exact) mass is 308 g/mol. The van der Waals surface area contributed by atoms with E-state index in [0.717, 1.165) is 17.1 Å². The van der Waals surface area contributed by atoms with Gasteiger partial charge in [0.05, 0.1) is 0 Å². The molecule has 2 saturated heterocycles. The molecule has 3 rings (SSSR count). The number of nitrogens with zero attached hydrogens (tertiary/aromatic N) is 1. The first kappa shape index (κ1) is 12.6. The molecule has 2 unspecified atom stereocenters. The molecule has 2 atom stereocenters. The molecule has 0 spiro atoms. The lowest BCUT2D eigenvalue weighted by molar-refractivity contribution is 0.180. The highest BCUT2D eigenvalue weighted by atomic mass is 79.9. The fourth-order valence-electron chi connectivity index (χ4n) is 3.34. The Morgan fingerprint density at radius 1 is 1.11 bits per heavy atom. The molecular formula is C15H21BrN2. The van der Waals surface area contributed by atoms with E-state index < -0.39 is 0 Å². The average molecular weight is 309 g/mol. The topological polar surface area (TPSA) is 15.3 Å². The highest BCUT2D eigenvalue weighted by Crippen LogP contribution is 2.27. The summed E-state index contributed by atoms with van der Waals surface area (Å²) in [6.07, 6.45) is 5.52.